The van der Waals surface area contributed by atoms with E-state index in [2.05, 4.69) is 81.6 Å². The lowest BCUT2D eigenvalue weighted by Gasteiger charge is -2.31. The largest absolute Gasteiger partial charge is 0.378 e. The van der Waals surface area contributed by atoms with Crippen molar-refractivity contribution in [3.05, 3.63) is 83.1 Å². The van der Waals surface area contributed by atoms with Crippen molar-refractivity contribution in [2.75, 3.05) is 49.7 Å². The van der Waals surface area contributed by atoms with Crippen LogP contribution in [-0.4, -0.2) is 55.5 Å². The van der Waals surface area contributed by atoms with E-state index in [1.807, 2.05) is 30.5 Å². The summed E-state index contributed by atoms with van der Waals surface area (Å²) >= 11 is 0. The van der Waals surface area contributed by atoms with Gasteiger partial charge in [-0.2, -0.15) is 5.10 Å². The van der Waals surface area contributed by atoms with Gasteiger partial charge in [-0.15, -0.1) is 0 Å². The molecular formula is C30H35N5O. The van der Waals surface area contributed by atoms with Gasteiger partial charge in [0.05, 0.1) is 24.9 Å². The maximum atomic E-state index is 5.64. The molecule has 1 fully saturated rings. The second kappa shape index (κ2) is 11.4. The first-order valence-corrected chi connectivity index (χ1v) is 13.0. The Bertz CT molecular complexity index is 1270. The first-order valence-electron chi connectivity index (χ1n) is 13.0. The van der Waals surface area contributed by atoms with E-state index in [1.54, 1.807) is 0 Å². The number of ether oxygens (including phenoxy) is 1. The lowest BCUT2D eigenvalue weighted by atomic mass is 10.1. The van der Waals surface area contributed by atoms with Gasteiger partial charge in [0.1, 0.15) is 5.82 Å². The fourth-order valence-electron chi connectivity index (χ4n) is 5.05. The van der Waals surface area contributed by atoms with Crippen LogP contribution in [0.1, 0.15) is 32.3 Å². The number of aromatic nitrogens is 1. The van der Waals surface area contributed by atoms with Crippen LogP contribution < -0.4 is 10.3 Å². The van der Waals surface area contributed by atoms with Gasteiger partial charge in [-0.1, -0.05) is 30.3 Å². The van der Waals surface area contributed by atoms with Crippen LogP contribution in [0, 0.1) is 0 Å². The van der Waals surface area contributed by atoms with Crippen LogP contribution in [0.3, 0.4) is 0 Å². The zero-order valence-corrected chi connectivity index (χ0v) is 21.3. The van der Waals surface area contributed by atoms with Crippen molar-refractivity contribution in [2.45, 2.75) is 26.7 Å². The highest BCUT2D eigenvalue weighted by atomic mass is 16.5. The third-order valence-electron chi connectivity index (χ3n) is 6.96. The Morgan fingerprint density at radius 2 is 1.75 bits per heavy atom. The Hall–Kier alpha value is -3.64. The molecule has 2 heterocycles. The second-order valence-electron chi connectivity index (χ2n) is 9.17. The summed E-state index contributed by atoms with van der Waals surface area (Å²) in [7, 11) is 0. The molecule has 0 unspecified atom stereocenters. The lowest BCUT2D eigenvalue weighted by molar-refractivity contribution is 0.0548. The van der Waals surface area contributed by atoms with Crippen LogP contribution in [0.5, 0.6) is 0 Å². The average molecular weight is 482 g/mol. The standard InChI is InChI=1S/C30H35N5O/c1-3-34(4-2)27-14-9-23(10-15-27)21-25-11-12-26(30(25)35-17-19-36-20-18-35)22-31-33-29-16-13-24-7-5-6-8-28(24)32-29/h5-10,13-16,21-22H,3-4,11-12,17-20H2,1-2H3,(H,32,33)/b25-21+,31-22+. The molecule has 0 atom stereocenters. The van der Waals surface area contributed by atoms with Gasteiger partial charge in [-0.3, -0.25) is 5.43 Å². The summed E-state index contributed by atoms with van der Waals surface area (Å²) in [4.78, 5) is 9.50. The minimum Gasteiger partial charge on any atom is -0.378 e. The smallest absolute Gasteiger partial charge is 0.146 e. The third kappa shape index (κ3) is 5.44. The number of fused-ring (bicyclic) bond motifs is 1. The minimum atomic E-state index is 0.750. The summed E-state index contributed by atoms with van der Waals surface area (Å²) in [5, 5.41) is 5.71. The van der Waals surface area contributed by atoms with Crippen LogP contribution in [0.2, 0.25) is 0 Å². The van der Waals surface area contributed by atoms with Crippen LogP contribution >= 0.6 is 0 Å². The topological polar surface area (TPSA) is 53.0 Å². The molecule has 1 aromatic heterocycles. The number of hydrogen-bond donors (Lipinski definition) is 1. The molecule has 36 heavy (non-hydrogen) atoms. The number of pyridine rings is 1. The molecule has 6 heteroatoms. The molecular weight excluding hydrogens is 446 g/mol. The fraction of sp³-hybridized carbons (Fsp3) is 0.333. The van der Waals surface area contributed by atoms with Gasteiger partial charge in [0.25, 0.3) is 0 Å². The molecule has 2 aliphatic rings. The van der Waals surface area contributed by atoms with Gasteiger partial charge in [-0.25, -0.2) is 4.98 Å². The fourth-order valence-corrected chi connectivity index (χ4v) is 5.05. The van der Waals surface area contributed by atoms with Crippen LogP contribution in [0.15, 0.2) is 82.6 Å². The number of allylic oxidation sites excluding steroid dienone is 2. The molecule has 1 aliphatic heterocycles. The molecule has 3 aromatic rings. The Labute approximate surface area is 214 Å². The van der Waals surface area contributed by atoms with Gasteiger partial charge in [0.2, 0.25) is 0 Å². The Kier molecular flexibility index (Phi) is 7.62. The number of hydrazone groups is 1. The summed E-state index contributed by atoms with van der Waals surface area (Å²) in [6.07, 6.45) is 6.31. The molecule has 0 bridgehead atoms. The Morgan fingerprint density at radius 3 is 2.53 bits per heavy atom. The molecule has 5 rings (SSSR count). The summed E-state index contributed by atoms with van der Waals surface area (Å²) < 4.78 is 5.64. The van der Waals surface area contributed by atoms with Crippen LogP contribution in [-0.2, 0) is 4.74 Å². The molecule has 1 saturated heterocycles. The van der Waals surface area contributed by atoms with Gasteiger partial charge in [0.15, 0.2) is 0 Å². The van der Waals surface area contributed by atoms with Gasteiger partial charge in [-0.05, 0) is 79.8 Å². The normalized spacial score (nSPS) is 17.5. The molecule has 0 amide bonds. The van der Waals surface area contributed by atoms with Crippen molar-refractivity contribution >= 4 is 34.7 Å². The van der Waals surface area contributed by atoms with Crippen LogP contribution in [0.4, 0.5) is 11.5 Å². The quantitative estimate of drug-likeness (QED) is 0.319. The van der Waals surface area contributed by atoms with E-state index in [4.69, 9.17) is 4.74 Å². The number of nitrogens with one attached hydrogen (secondary N) is 1. The van der Waals surface area contributed by atoms with E-state index in [1.165, 1.54) is 28.1 Å². The summed E-state index contributed by atoms with van der Waals surface area (Å²) in [6.45, 7) is 9.78. The average Bonchev–Trinajstić information content (AvgIpc) is 3.32. The summed E-state index contributed by atoms with van der Waals surface area (Å²) in [6, 6.07) is 21.1. The highest BCUT2D eigenvalue weighted by Crippen LogP contribution is 2.35. The molecule has 6 nitrogen and oxygen atoms in total. The van der Waals surface area contributed by atoms with Crippen LogP contribution in [0.25, 0.3) is 17.0 Å². The number of anilines is 2. The maximum absolute atomic E-state index is 5.64. The van der Waals surface area contributed by atoms with E-state index >= 15 is 0 Å². The van der Waals surface area contributed by atoms with Crippen molar-refractivity contribution in [3.63, 3.8) is 0 Å². The molecule has 1 N–H and O–H groups in total. The Balaban J connectivity index is 1.38. The van der Waals surface area contributed by atoms with Crippen molar-refractivity contribution in [1.82, 2.24) is 9.88 Å². The summed E-state index contributed by atoms with van der Waals surface area (Å²) in [5.74, 6) is 0.750. The monoisotopic (exact) mass is 481 g/mol. The molecule has 186 valence electrons. The number of hydrogen-bond acceptors (Lipinski definition) is 6. The zero-order valence-electron chi connectivity index (χ0n) is 21.3. The molecule has 0 spiro atoms. The maximum Gasteiger partial charge on any atom is 0.146 e. The van der Waals surface area contributed by atoms with Crippen molar-refractivity contribution in [1.29, 1.82) is 0 Å². The van der Waals surface area contributed by atoms with Crippen molar-refractivity contribution < 1.29 is 4.74 Å². The minimum absolute atomic E-state index is 0.750. The van der Waals surface area contributed by atoms with Crippen molar-refractivity contribution in [2.24, 2.45) is 5.10 Å². The van der Waals surface area contributed by atoms with Gasteiger partial charge >= 0.3 is 0 Å². The summed E-state index contributed by atoms with van der Waals surface area (Å²) in [5.41, 5.74) is 10.6. The van der Waals surface area contributed by atoms with E-state index in [0.29, 0.717) is 0 Å². The molecule has 2 aromatic carbocycles. The number of nitrogens with zero attached hydrogens (tertiary/aromatic N) is 4. The van der Waals surface area contributed by atoms with E-state index < -0.39 is 0 Å². The number of rotatable bonds is 8. The second-order valence-corrected chi connectivity index (χ2v) is 9.17. The number of para-hydroxylation sites is 1. The third-order valence-corrected chi connectivity index (χ3v) is 6.96. The van der Waals surface area contributed by atoms with Crippen molar-refractivity contribution in [3.8, 4) is 0 Å². The molecule has 0 saturated carbocycles. The molecule has 0 radical (unpaired) electrons. The van der Waals surface area contributed by atoms with E-state index in [0.717, 1.165) is 69.0 Å². The Morgan fingerprint density at radius 1 is 0.972 bits per heavy atom. The predicted molar refractivity (Wildman–Crippen MR) is 150 cm³/mol. The first kappa shape index (κ1) is 24.1. The van der Waals surface area contributed by atoms with E-state index in [-0.39, 0.29) is 0 Å². The number of morpholine rings is 1. The first-order chi connectivity index (χ1) is 17.7. The van der Waals surface area contributed by atoms with Gasteiger partial charge < -0.3 is 14.5 Å². The predicted octanol–water partition coefficient (Wildman–Crippen LogP) is 5.94. The lowest BCUT2D eigenvalue weighted by Crippen LogP contribution is -2.36. The highest BCUT2D eigenvalue weighted by Gasteiger charge is 2.25. The highest BCUT2D eigenvalue weighted by molar-refractivity contribution is 5.85. The zero-order chi connectivity index (χ0) is 24.7. The van der Waals surface area contributed by atoms with E-state index in [9.17, 15) is 0 Å². The SMILES string of the molecule is CCN(CC)c1ccc(/C=C2\CCC(/C=N/Nc3ccc4ccccc4n3)=C2N2CCOCC2)cc1. The molecule has 1 aliphatic carbocycles. The van der Waals surface area contributed by atoms with Gasteiger partial charge in [0, 0.05) is 42.9 Å². The number of benzene rings is 2.